The number of benzene rings is 2. The Morgan fingerprint density at radius 1 is 1.07 bits per heavy atom. The van der Waals surface area contributed by atoms with Crippen LogP contribution in [-0.4, -0.2) is 36.6 Å². The van der Waals surface area contributed by atoms with Gasteiger partial charge in [0.1, 0.15) is 5.75 Å². The zero-order valence-corrected chi connectivity index (χ0v) is 15.4. The normalized spacial score (nSPS) is 11.2. The molecule has 0 radical (unpaired) electrons. The van der Waals surface area contributed by atoms with Crippen LogP contribution in [0.5, 0.6) is 5.75 Å². The Hall–Kier alpha value is -3.56. The summed E-state index contributed by atoms with van der Waals surface area (Å²) < 4.78 is 50.5. The van der Waals surface area contributed by atoms with Crippen LogP contribution < -0.4 is 9.64 Å². The molecule has 0 fully saturated rings. The largest absolute Gasteiger partial charge is 0.573 e. The van der Waals surface area contributed by atoms with Gasteiger partial charge in [-0.25, -0.2) is 4.79 Å². The predicted molar refractivity (Wildman–Crippen MR) is 96.3 cm³/mol. The summed E-state index contributed by atoms with van der Waals surface area (Å²) in [5.74, 6) is -0.721. The van der Waals surface area contributed by atoms with E-state index in [0.29, 0.717) is 11.1 Å². The van der Waals surface area contributed by atoms with E-state index in [9.17, 15) is 18.0 Å². The maximum atomic E-state index is 12.2. The minimum absolute atomic E-state index is 0.0499. The minimum atomic E-state index is -4.77. The summed E-state index contributed by atoms with van der Waals surface area (Å²) in [6, 6.07) is 11.8. The monoisotopic (exact) mass is 407 g/mol. The van der Waals surface area contributed by atoms with Crippen LogP contribution in [0.25, 0.3) is 11.4 Å². The number of carbonyl (C=O) groups excluding carboxylic acids is 1. The van der Waals surface area contributed by atoms with E-state index in [0.717, 1.165) is 17.8 Å². The molecule has 0 unspecified atom stereocenters. The van der Waals surface area contributed by atoms with E-state index < -0.39 is 12.3 Å². The second kappa shape index (κ2) is 8.21. The number of ether oxygens (including phenoxy) is 2. The van der Waals surface area contributed by atoms with Gasteiger partial charge in [-0.2, -0.15) is 4.98 Å². The molecule has 7 nitrogen and oxygen atoms in total. The lowest BCUT2D eigenvalue weighted by molar-refractivity contribution is -0.274. The van der Waals surface area contributed by atoms with Gasteiger partial charge in [0.05, 0.1) is 5.56 Å². The number of anilines is 1. The van der Waals surface area contributed by atoms with Gasteiger partial charge < -0.3 is 18.9 Å². The lowest BCUT2D eigenvalue weighted by Crippen LogP contribution is -2.16. The van der Waals surface area contributed by atoms with Gasteiger partial charge in [-0.1, -0.05) is 5.16 Å². The van der Waals surface area contributed by atoms with Gasteiger partial charge in [-0.05, 0) is 48.5 Å². The summed E-state index contributed by atoms with van der Waals surface area (Å²) in [5.41, 5.74) is 1.73. The summed E-state index contributed by atoms with van der Waals surface area (Å²) in [6.07, 6.45) is -4.77. The second-order valence-corrected chi connectivity index (χ2v) is 6.10. The highest BCUT2D eigenvalue weighted by molar-refractivity contribution is 5.89. The molecule has 2 aromatic carbocycles. The molecule has 0 aliphatic heterocycles. The molecule has 0 saturated heterocycles. The molecule has 29 heavy (non-hydrogen) atoms. The maximum absolute atomic E-state index is 12.2. The lowest BCUT2D eigenvalue weighted by Gasteiger charge is -2.12. The third-order valence-corrected chi connectivity index (χ3v) is 3.76. The Morgan fingerprint density at radius 2 is 1.72 bits per heavy atom. The highest BCUT2D eigenvalue weighted by Gasteiger charge is 2.31. The molecule has 0 amide bonds. The highest BCUT2D eigenvalue weighted by Crippen LogP contribution is 2.25. The van der Waals surface area contributed by atoms with E-state index >= 15 is 0 Å². The van der Waals surface area contributed by atoms with Crippen molar-refractivity contribution in [1.82, 2.24) is 10.1 Å². The number of carbonyl (C=O) groups is 1. The molecule has 1 aromatic heterocycles. The van der Waals surface area contributed by atoms with Crippen molar-refractivity contribution < 1.29 is 32.0 Å². The molecule has 0 N–H and O–H groups in total. The van der Waals surface area contributed by atoms with Crippen molar-refractivity contribution in [2.24, 2.45) is 0 Å². The highest BCUT2D eigenvalue weighted by atomic mass is 19.4. The number of nitrogens with zero attached hydrogens (tertiary/aromatic N) is 3. The van der Waals surface area contributed by atoms with E-state index in [-0.39, 0.29) is 24.1 Å². The Labute approximate surface area is 163 Å². The van der Waals surface area contributed by atoms with Crippen molar-refractivity contribution >= 4 is 11.7 Å². The molecule has 0 aliphatic carbocycles. The third-order valence-electron chi connectivity index (χ3n) is 3.76. The molecular weight excluding hydrogens is 391 g/mol. The Kier molecular flexibility index (Phi) is 5.71. The maximum Gasteiger partial charge on any atom is 0.573 e. The fraction of sp³-hybridized carbons (Fsp3) is 0.211. The van der Waals surface area contributed by atoms with E-state index in [1.54, 1.807) is 24.3 Å². The van der Waals surface area contributed by atoms with Gasteiger partial charge in [0, 0.05) is 25.3 Å². The van der Waals surface area contributed by atoms with Crippen LogP contribution >= 0.6 is 0 Å². The first-order valence-electron chi connectivity index (χ1n) is 8.34. The van der Waals surface area contributed by atoms with Gasteiger partial charge in [0.2, 0.25) is 5.82 Å². The van der Waals surface area contributed by atoms with Crippen LogP contribution in [0.1, 0.15) is 16.2 Å². The van der Waals surface area contributed by atoms with Crippen molar-refractivity contribution in [1.29, 1.82) is 0 Å². The molecule has 0 saturated carbocycles. The molecule has 0 aliphatic rings. The molecule has 3 aromatic rings. The van der Waals surface area contributed by atoms with Crippen molar-refractivity contribution in [3.05, 3.63) is 60.0 Å². The summed E-state index contributed by atoms with van der Waals surface area (Å²) in [5, 5.41) is 3.73. The van der Waals surface area contributed by atoms with Gasteiger partial charge >= 0.3 is 12.3 Å². The number of hydrogen-bond acceptors (Lipinski definition) is 7. The minimum Gasteiger partial charge on any atom is -0.452 e. The molecule has 0 bridgehead atoms. The Bertz CT molecular complexity index is 968. The molecule has 0 atom stereocenters. The standard InChI is InChI=1S/C19H16F3N3O4/c1-25(2)14-7-3-13(4-8-14)18(26)27-11-16-23-17(24-29-16)12-5-9-15(10-6-12)28-19(20,21)22/h3-10H,11H2,1-2H3. The van der Waals surface area contributed by atoms with Crippen LogP contribution in [0, 0.1) is 0 Å². The van der Waals surface area contributed by atoms with Gasteiger partial charge in [0.15, 0.2) is 6.61 Å². The molecule has 10 heteroatoms. The predicted octanol–water partition coefficient (Wildman–Crippen LogP) is 4.06. The number of alkyl halides is 3. The van der Waals surface area contributed by atoms with E-state index in [1.165, 1.54) is 12.1 Å². The molecule has 3 rings (SSSR count). The topological polar surface area (TPSA) is 77.7 Å². The SMILES string of the molecule is CN(C)c1ccc(C(=O)OCc2nc(-c3ccc(OC(F)(F)F)cc3)no2)cc1. The number of halogens is 3. The van der Waals surface area contributed by atoms with Crippen molar-refractivity contribution in [3.63, 3.8) is 0 Å². The van der Waals surface area contributed by atoms with E-state index in [1.807, 2.05) is 19.0 Å². The average Bonchev–Trinajstić information content (AvgIpc) is 3.14. The summed E-state index contributed by atoms with van der Waals surface area (Å²) in [4.78, 5) is 18.1. The zero-order valence-electron chi connectivity index (χ0n) is 15.4. The van der Waals surface area contributed by atoms with Crippen LogP contribution in [0.2, 0.25) is 0 Å². The fourth-order valence-electron chi connectivity index (χ4n) is 2.34. The van der Waals surface area contributed by atoms with Crippen molar-refractivity contribution in [3.8, 4) is 17.1 Å². The quantitative estimate of drug-likeness (QED) is 0.570. The van der Waals surface area contributed by atoms with Gasteiger partial charge in [0.25, 0.3) is 5.89 Å². The van der Waals surface area contributed by atoms with Crippen molar-refractivity contribution in [2.45, 2.75) is 13.0 Å². The van der Waals surface area contributed by atoms with E-state index in [2.05, 4.69) is 14.9 Å². The van der Waals surface area contributed by atoms with Crippen LogP contribution in [0.4, 0.5) is 18.9 Å². The second-order valence-electron chi connectivity index (χ2n) is 6.10. The average molecular weight is 407 g/mol. The molecular formula is C19H16F3N3O4. The van der Waals surface area contributed by atoms with E-state index in [4.69, 9.17) is 9.26 Å². The number of esters is 1. The zero-order chi connectivity index (χ0) is 21.0. The number of hydrogen-bond donors (Lipinski definition) is 0. The van der Waals surface area contributed by atoms with Crippen LogP contribution in [-0.2, 0) is 11.3 Å². The number of rotatable bonds is 6. The molecule has 1 heterocycles. The van der Waals surface area contributed by atoms with Gasteiger partial charge in [-0.15, -0.1) is 13.2 Å². The first-order valence-corrected chi connectivity index (χ1v) is 8.34. The summed E-state index contributed by atoms with van der Waals surface area (Å²) >= 11 is 0. The van der Waals surface area contributed by atoms with Crippen LogP contribution in [0.15, 0.2) is 53.1 Å². The molecule has 152 valence electrons. The fourth-order valence-corrected chi connectivity index (χ4v) is 2.34. The summed E-state index contributed by atoms with van der Waals surface area (Å²) in [7, 11) is 3.77. The van der Waals surface area contributed by atoms with Crippen molar-refractivity contribution in [2.75, 3.05) is 19.0 Å². The van der Waals surface area contributed by atoms with Gasteiger partial charge in [-0.3, -0.25) is 0 Å². The smallest absolute Gasteiger partial charge is 0.452 e. The molecule has 0 spiro atoms. The summed E-state index contributed by atoms with van der Waals surface area (Å²) in [6.45, 7) is -0.240. The Balaban J connectivity index is 1.59. The lowest BCUT2D eigenvalue weighted by atomic mass is 10.2. The first-order chi connectivity index (χ1) is 13.7. The Morgan fingerprint density at radius 3 is 2.31 bits per heavy atom. The third kappa shape index (κ3) is 5.47. The first kappa shape index (κ1) is 20.2. The number of aromatic nitrogens is 2. The van der Waals surface area contributed by atoms with Crippen LogP contribution in [0.3, 0.4) is 0 Å².